The molecule has 0 aliphatic rings. The summed E-state index contributed by atoms with van der Waals surface area (Å²) in [4.78, 5) is 38.2. The van der Waals surface area contributed by atoms with E-state index in [2.05, 4.69) is 20.3 Å². The Kier molecular flexibility index (Phi) is 5.74. The molecule has 0 spiro atoms. The van der Waals surface area contributed by atoms with E-state index in [-0.39, 0.29) is 16.7 Å². The second-order valence-electron chi connectivity index (χ2n) is 6.94. The molecule has 0 saturated heterocycles. The molecular weight excluding hydrogens is 418 g/mol. The van der Waals surface area contributed by atoms with Crippen LogP contribution >= 0.6 is 23.1 Å². The highest BCUT2D eigenvalue weighted by atomic mass is 32.2. The molecule has 9 heteroatoms. The number of hydrogen-bond donors (Lipinski definition) is 2. The van der Waals surface area contributed by atoms with Crippen molar-refractivity contribution < 1.29 is 4.79 Å². The Balaban J connectivity index is 1.38. The van der Waals surface area contributed by atoms with Crippen molar-refractivity contribution in [2.24, 2.45) is 0 Å². The SMILES string of the molecule is Cc1sc2nc(CSC(C)C(=O)Nc3ccc(-n4ccnc4)cc3)[nH]c(=O)c2c1C. The highest BCUT2D eigenvalue weighted by Gasteiger charge is 2.16. The number of benzene rings is 1. The highest BCUT2D eigenvalue weighted by Crippen LogP contribution is 2.26. The van der Waals surface area contributed by atoms with Gasteiger partial charge in [-0.2, -0.15) is 0 Å². The molecule has 0 bridgehead atoms. The first kappa shape index (κ1) is 20.4. The standard InChI is InChI=1S/C21H21N5O2S2/c1-12-13(2)30-21-18(12)20(28)24-17(25-21)10-29-14(3)19(27)23-15-4-6-16(7-5-15)26-9-8-22-11-26/h4-9,11,14H,10H2,1-3H3,(H,23,27)(H,24,25,28). The van der Waals surface area contributed by atoms with Crippen LogP contribution in [-0.4, -0.2) is 30.7 Å². The Morgan fingerprint density at radius 2 is 2.07 bits per heavy atom. The third-order valence-corrected chi connectivity index (χ3v) is 7.12. The van der Waals surface area contributed by atoms with Gasteiger partial charge in [-0.25, -0.2) is 9.97 Å². The summed E-state index contributed by atoms with van der Waals surface area (Å²) in [5, 5.41) is 3.29. The van der Waals surface area contributed by atoms with E-state index in [9.17, 15) is 9.59 Å². The van der Waals surface area contributed by atoms with Crippen LogP contribution in [0.25, 0.3) is 15.9 Å². The van der Waals surface area contributed by atoms with Crippen LogP contribution in [0, 0.1) is 13.8 Å². The molecule has 4 aromatic rings. The first-order valence-electron chi connectivity index (χ1n) is 9.42. The number of nitrogens with zero attached hydrogens (tertiary/aromatic N) is 3. The summed E-state index contributed by atoms with van der Waals surface area (Å²) < 4.78 is 1.89. The summed E-state index contributed by atoms with van der Waals surface area (Å²) in [6, 6.07) is 7.56. The molecule has 1 unspecified atom stereocenters. The van der Waals surface area contributed by atoms with Crippen molar-refractivity contribution in [3.05, 3.63) is 69.6 Å². The van der Waals surface area contributed by atoms with E-state index in [4.69, 9.17) is 0 Å². The van der Waals surface area contributed by atoms with Gasteiger partial charge < -0.3 is 14.9 Å². The third kappa shape index (κ3) is 4.17. The van der Waals surface area contributed by atoms with E-state index in [0.717, 1.165) is 26.6 Å². The van der Waals surface area contributed by atoms with Gasteiger partial charge in [0, 0.05) is 28.6 Å². The molecule has 2 N–H and O–H groups in total. The summed E-state index contributed by atoms with van der Waals surface area (Å²) in [5.74, 6) is 0.944. The van der Waals surface area contributed by atoms with Gasteiger partial charge in [-0.1, -0.05) is 0 Å². The number of fused-ring (bicyclic) bond motifs is 1. The van der Waals surface area contributed by atoms with Gasteiger partial charge >= 0.3 is 0 Å². The van der Waals surface area contributed by atoms with Crippen molar-refractivity contribution in [3.8, 4) is 5.69 Å². The Morgan fingerprint density at radius 3 is 2.77 bits per heavy atom. The number of rotatable bonds is 6. The molecule has 154 valence electrons. The lowest BCUT2D eigenvalue weighted by atomic mass is 10.2. The van der Waals surface area contributed by atoms with Crippen LogP contribution in [0.15, 0.2) is 47.8 Å². The van der Waals surface area contributed by atoms with Crippen molar-refractivity contribution in [2.45, 2.75) is 31.8 Å². The molecule has 3 aromatic heterocycles. The van der Waals surface area contributed by atoms with Crippen LogP contribution in [0.4, 0.5) is 5.69 Å². The fourth-order valence-electron chi connectivity index (χ4n) is 3.02. The molecule has 4 rings (SSSR count). The first-order valence-corrected chi connectivity index (χ1v) is 11.3. The molecule has 0 saturated carbocycles. The molecule has 3 heterocycles. The van der Waals surface area contributed by atoms with E-state index in [1.807, 2.05) is 55.8 Å². The van der Waals surface area contributed by atoms with Crippen LogP contribution in [0.5, 0.6) is 0 Å². The quantitative estimate of drug-likeness (QED) is 0.473. The smallest absolute Gasteiger partial charge is 0.259 e. The number of carbonyl (C=O) groups excluding carboxylic acids is 1. The van der Waals surface area contributed by atoms with Crippen molar-refractivity contribution >= 4 is 44.9 Å². The number of hydrogen-bond acceptors (Lipinski definition) is 6. The Labute approximate surface area is 181 Å². The van der Waals surface area contributed by atoms with Gasteiger partial charge in [-0.15, -0.1) is 23.1 Å². The van der Waals surface area contributed by atoms with Crippen LogP contribution in [0.3, 0.4) is 0 Å². The second kappa shape index (κ2) is 8.45. The predicted octanol–water partition coefficient (Wildman–Crippen LogP) is 4.05. The normalized spacial score (nSPS) is 12.2. The Bertz CT molecular complexity index is 1240. The molecule has 0 aliphatic carbocycles. The van der Waals surface area contributed by atoms with Gasteiger partial charge in [0.15, 0.2) is 0 Å². The van der Waals surface area contributed by atoms with Crippen LogP contribution in [0.1, 0.15) is 23.2 Å². The fraction of sp³-hybridized carbons (Fsp3) is 0.238. The van der Waals surface area contributed by atoms with Crippen molar-refractivity contribution in [3.63, 3.8) is 0 Å². The number of thiophene rings is 1. The molecule has 1 aromatic carbocycles. The first-order chi connectivity index (χ1) is 14.4. The maximum atomic E-state index is 12.5. The summed E-state index contributed by atoms with van der Waals surface area (Å²) in [6.45, 7) is 5.77. The lowest BCUT2D eigenvalue weighted by molar-refractivity contribution is -0.115. The number of anilines is 1. The summed E-state index contributed by atoms with van der Waals surface area (Å²) in [7, 11) is 0. The van der Waals surface area contributed by atoms with Crippen LogP contribution in [-0.2, 0) is 10.5 Å². The minimum Gasteiger partial charge on any atom is -0.325 e. The van der Waals surface area contributed by atoms with E-state index in [1.165, 1.54) is 23.1 Å². The molecule has 1 atom stereocenters. The van der Waals surface area contributed by atoms with E-state index in [0.29, 0.717) is 17.0 Å². The zero-order valence-corrected chi connectivity index (χ0v) is 18.4. The average Bonchev–Trinajstić information content (AvgIpc) is 3.35. The molecule has 0 radical (unpaired) electrons. The average molecular weight is 440 g/mol. The van der Waals surface area contributed by atoms with Gasteiger partial charge in [-0.05, 0) is 50.6 Å². The van der Waals surface area contributed by atoms with Gasteiger partial charge in [0.25, 0.3) is 5.56 Å². The summed E-state index contributed by atoms with van der Waals surface area (Å²) in [5.41, 5.74) is 2.56. The topological polar surface area (TPSA) is 92.7 Å². The van der Waals surface area contributed by atoms with E-state index >= 15 is 0 Å². The number of nitrogens with one attached hydrogen (secondary N) is 2. The number of aromatic amines is 1. The number of aryl methyl sites for hydroxylation is 2. The number of imidazole rings is 1. The summed E-state index contributed by atoms with van der Waals surface area (Å²) >= 11 is 2.96. The number of H-pyrrole nitrogens is 1. The number of carbonyl (C=O) groups is 1. The second-order valence-corrected chi connectivity index (χ2v) is 9.47. The Morgan fingerprint density at radius 1 is 1.30 bits per heavy atom. The molecule has 0 fully saturated rings. The lowest BCUT2D eigenvalue weighted by Crippen LogP contribution is -2.23. The maximum absolute atomic E-state index is 12.5. The maximum Gasteiger partial charge on any atom is 0.259 e. The summed E-state index contributed by atoms with van der Waals surface area (Å²) in [6.07, 6.45) is 5.30. The minimum absolute atomic E-state index is 0.0957. The van der Waals surface area contributed by atoms with Gasteiger partial charge in [0.1, 0.15) is 10.7 Å². The highest BCUT2D eigenvalue weighted by molar-refractivity contribution is 7.99. The molecule has 1 amide bonds. The molecule has 0 aliphatic heterocycles. The largest absolute Gasteiger partial charge is 0.325 e. The zero-order valence-electron chi connectivity index (χ0n) is 16.8. The van der Waals surface area contributed by atoms with Gasteiger partial charge in [0.2, 0.25) is 5.91 Å². The van der Waals surface area contributed by atoms with Crippen molar-refractivity contribution in [1.29, 1.82) is 0 Å². The monoisotopic (exact) mass is 439 g/mol. The van der Waals surface area contributed by atoms with Gasteiger partial charge in [0.05, 0.1) is 22.7 Å². The minimum atomic E-state index is -0.300. The molecule has 7 nitrogen and oxygen atoms in total. The Hall–Kier alpha value is -2.91. The predicted molar refractivity (Wildman–Crippen MR) is 123 cm³/mol. The van der Waals surface area contributed by atoms with E-state index < -0.39 is 0 Å². The van der Waals surface area contributed by atoms with Crippen LogP contribution < -0.4 is 10.9 Å². The van der Waals surface area contributed by atoms with E-state index in [1.54, 1.807) is 12.5 Å². The van der Waals surface area contributed by atoms with Gasteiger partial charge in [-0.3, -0.25) is 9.59 Å². The zero-order chi connectivity index (χ0) is 21.3. The molecular formula is C21H21N5O2S2. The number of thioether (sulfide) groups is 1. The number of amides is 1. The molecule has 30 heavy (non-hydrogen) atoms. The fourth-order valence-corrected chi connectivity index (χ4v) is 4.82. The third-order valence-electron chi connectivity index (χ3n) is 4.86. The van der Waals surface area contributed by atoms with Crippen LogP contribution in [0.2, 0.25) is 0 Å². The number of aromatic nitrogens is 4. The van der Waals surface area contributed by atoms with Crippen molar-refractivity contribution in [1.82, 2.24) is 19.5 Å². The lowest BCUT2D eigenvalue weighted by Gasteiger charge is -2.12. The van der Waals surface area contributed by atoms with Crippen molar-refractivity contribution in [2.75, 3.05) is 5.32 Å².